The summed E-state index contributed by atoms with van der Waals surface area (Å²) in [4.78, 5) is 3.05. The van der Waals surface area contributed by atoms with Crippen molar-refractivity contribution in [1.82, 2.24) is 9.13 Å². The van der Waals surface area contributed by atoms with Gasteiger partial charge in [0.2, 0.25) is 0 Å². The van der Waals surface area contributed by atoms with E-state index in [0.717, 1.165) is 122 Å². The molecule has 20 aromatic rings. The van der Waals surface area contributed by atoms with Crippen LogP contribution in [0.1, 0.15) is 23.3 Å². The summed E-state index contributed by atoms with van der Waals surface area (Å²) in [5.41, 5.74) is 16.9. The number of hydrogen-bond acceptors (Lipinski definition) is 2. The number of fused-ring (bicyclic) bond motifs is 6. The minimum absolute atomic E-state index is 0.0151. The lowest BCUT2D eigenvalue weighted by Crippen LogP contribution is -2.11. The van der Waals surface area contributed by atoms with Crippen LogP contribution in [0.15, 0.2) is 461 Å². The minimum atomic E-state index is -0.750. The molecular formula is C108H76N4. The van der Waals surface area contributed by atoms with E-state index in [-0.39, 0.29) is 46.7 Å². The Morgan fingerprint density at radius 1 is 0.179 bits per heavy atom. The lowest BCUT2D eigenvalue weighted by Gasteiger charge is -2.28. The molecule has 0 bridgehead atoms. The highest BCUT2D eigenvalue weighted by Gasteiger charge is 2.22. The molecule has 0 amide bonds. The molecule has 0 saturated carbocycles. The summed E-state index contributed by atoms with van der Waals surface area (Å²) >= 11 is 0. The van der Waals surface area contributed by atoms with Gasteiger partial charge in [0, 0.05) is 66.8 Å². The number of aromatic nitrogens is 2. The Morgan fingerprint density at radius 3 is 0.982 bits per heavy atom. The molecule has 112 heavy (non-hydrogen) atoms. The quantitative estimate of drug-likeness (QED) is 0.0959. The van der Waals surface area contributed by atoms with Crippen molar-refractivity contribution < 1.29 is 23.3 Å². The second kappa shape index (κ2) is 30.4. The normalized spacial score (nSPS) is 13.3. The van der Waals surface area contributed by atoms with Gasteiger partial charge in [0.05, 0.1) is 56.7 Å². The van der Waals surface area contributed by atoms with Crippen molar-refractivity contribution in [3.05, 3.63) is 461 Å². The van der Waals surface area contributed by atoms with Gasteiger partial charge in [0.15, 0.2) is 0 Å². The lowest BCUT2D eigenvalue weighted by molar-refractivity contribution is 1.18. The molecule has 0 aliphatic heterocycles. The van der Waals surface area contributed by atoms with Crippen molar-refractivity contribution in [3.63, 3.8) is 0 Å². The first-order valence-corrected chi connectivity index (χ1v) is 37.0. The maximum absolute atomic E-state index is 9.72. The Bertz CT molecular complexity index is 7720. The van der Waals surface area contributed by atoms with Gasteiger partial charge in [-0.15, -0.1) is 0 Å². The van der Waals surface area contributed by atoms with Gasteiger partial charge >= 0.3 is 0 Å². The fourth-order valence-electron chi connectivity index (χ4n) is 15.0. The molecule has 4 heteroatoms. The maximum atomic E-state index is 9.72. The van der Waals surface area contributed by atoms with Gasteiger partial charge in [-0.05, 0) is 199 Å². The van der Waals surface area contributed by atoms with Crippen LogP contribution in [-0.2, 0) is 0 Å². The van der Waals surface area contributed by atoms with Crippen LogP contribution in [0.4, 0.5) is 34.1 Å². The van der Waals surface area contributed by atoms with Crippen molar-refractivity contribution >= 4 is 77.7 Å². The van der Waals surface area contributed by atoms with E-state index in [9.17, 15) is 13.7 Å². The molecule has 0 N–H and O–H groups in total. The number of anilines is 6. The average Bonchev–Trinajstić information content (AvgIpc) is 1.60. The van der Waals surface area contributed by atoms with E-state index in [4.69, 9.17) is 9.60 Å². The van der Waals surface area contributed by atoms with E-state index in [2.05, 4.69) is 94.1 Å². The molecule has 0 spiro atoms. The molecule has 2 aromatic heterocycles. The monoisotopic (exact) mass is 1450 g/mol. The van der Waals surface area contributed by atoms with Crippen LogP contribution in [0.2, 0.25) is 0 Å². The third kappa shape index (κ3) is 13.4. The Morgan fingerprint density at radius 2 is 0.518 bits per heavy atom. The predicted molar refractivity (Wildman–Crippen MR) is 474 cm³/mol. The van der Waals surface area contributed by atoms with E-state index >= 15 is 0 Å². The molecule has 20 rings (SSSR count). The average molecular weight is 1450 g/mol. The van der Waals surface area contributed by atoms with Crippen LogP contribution in [0.3, 0.4) is 0 Å². The fourth-order valence-corrected chi connectivity index (χ4v) is 15.0. The van der Waals surface area contributed by atoms with Crippen LogP contribution >= 0.6 is 0 Å². The Kier molecular flexibility index (Phi) is 14.0. The maximum Gasteiger partial charge on any atom is 0.0645 e. The molecule has 2 heterocycles. The molecule has 0 aliphatic carbocycles. The number of para-hydroxylation sites is 4. The van der Waals surface area contributed by atoms with Crippen molar-refractivity contribution in [2.45, 2.75) is 0 Å². The second-order valence-corrected chi connectivity index (χ2v) is 27.1. The molecule has 0 atom stereocenters. The predicted octanol–water partition coefficient (Wildman–Crippen LogP) is 29.8. The van der Waals surface area contributed by atoms with Crippen molar-refractivity contribution in [2.24, 2.45) is 0 Å². The first kappa shape index (κ1) is 51.4. The van der Waals surface area contributed by atoms with Crippen LogP contribution in [-0.4, -0.2) is 9.13 Å². The van der Waals surface area contributed by atoms with Gasteiger partial charge in [-0.2, -0.15) is 0 Å². The number of benzene rings is 18. The van der Waals surface area contributed by atoms with E-state index in [1.54, 1.807) is 30.3 Å². The first-order chi connectivity index (χ1) is 62.6. The zero-order chi connectivity index (χ0) is 89.3. The summed E-state index contributed by atoms with van der Waals surface area (Å²) in [6.45, 7) is 0. The number of rotatable bonds is 16. The van der Waals surface area contributed by atoms with Crippen molar-refractivity contribution in [2.75, 3.05) is 9.80 Å². The first-order valence-electron chi connectivity index (χ1n) is 45.5. The highest BCUT2D eigenvalue weighted by molar-refractivity contribution is 6.12. The van der Waals surface area contributed by atoms with Gasteiger partial charge in [0.1, 0.15) is 0 Å². The van der Waals surface area contributed by atoms with E-state index in [1.165, 1.54) is 4.90 Å². The van der Waals surface area contributed by atoms with Gasteiger partial charge in [0.25, 0.3) is 0 Å². The highest BCUT2D eigenvalue weighted by Crippen LogP contribution is 2.46. The summed E-state index contributed by atoms with van der Waals surface area (Å²) in [5.74, 6) is 0. The molecule has 0 unspecified atom stereocenters. The summed E-state index contributed by atoms with van der Waals surface area (Å²) in [7, 11) is 0. The van der Waals surface area contributed by atoms with E-state index < -0.39 is 101 Å². The van der Waals surface area contributed by atoms with Gasteiger partial charge in [-0.1, -0.05) is 339 Å². The summed E-state index contributed by atoms with van der Waals surface area (Å²) in [6, 6.07) is 108. The van der Waals surface area contributed by atoms with Crippen LogP contribution in [0.25, 0.3) is 144 Å². The molecule has 0 fully saturated rings. The number of nitrogens with zero attached hydrogens (tertiary/aromatic N) is 4. The van der Waals surface area contributed by atoms with Gasteiger partial charge in [-0.3, -0.25) is 0 Å². The lowest BCUT2D eigenvalue weighted by atomic mass is 10.00. The van der Waals surface area contributed by atoms with Crippen LogP contribution in [0.5, 0.6) is 0 Å². The fraction of sp³-hybridized carbons (Fsp3) is 0. The van der Waals surface area contributed by atoms with Gasteiger partial charge < -0.3 is 18.9 Å². The molecule has 528 valence electrons. The Balaban J connectivity index is 0.000000169. The third-order valence-corrected chi connectivity index (χ3v) is 20.4. The molecule has 4 nitrogen and oxygen atoms in total. The third-order valence-electron chi connectivity index (χ3n) is 20.4. The summed E-state index contributed by atoms with van der Waals surface area (Å²) in [5, 5.41) is 3.70. The highest BCUT2D eigenvalue weighted by atomic mass is 15.2. The summed E-state index contributed by atoms with van der Waals surface area (Å²) < 4.78 is 161. The zero-order valence-corrected chi connectivity index (χ0v) is 60.4. The van der Waals surface area contributed by atoms with Crippen molar-refractivity contribution in [1.29, 1.82) is 0 Å². The van der Waals surface area contributed by atoms with Crippen LogP contribution < -0.4 is 9.80 Å². The minimum Gasteiger partial charge on any atom is -0.310 e. The largest absolute Gasteiger partial charge is 0.310 e. The van der Waals surface area contributed by atoms with Gasteiger partial charge in [-0.25, -0.2) is 0 Å². The molecule has 0 radical (unpaired) electrons. The molecule has 0 aliphatic rings. The number of hydrogen-bond donors (Lipinski definition) is 0. The second-order valence-electron chi connectivity index (χ2n) is 27.1. The summed E-state index contributed by atoms with van der Waals surface area (Å²) in [6.07, 6.45) is 0. The standard InChI is InChI=1S/2C54H38N2/c2*1-4-15-39(16-5-1)41-27-32-46(33-28-41)55(52-25-12-10-23-49(52)43-19-8-3-9-20-43)47-34-29-42(30-35-47)45-31-36-54-51(38-45)50-24-11-13-26-53(50)56(54)48-22-14-21-44(37-48)40-17-6-2-7-18-40/h2*1-38H/i3D,8D,9D,10D,12D,19D,20D,23D,25D,29D,30D,34D,35D;29D,30D,34D,35D. The Hall–Kier alpha value is -14.8. The zero-order valence-electron chi connectivity index (χ0n) is 77.4. The van der Waals surface area contributed by atoms with E-state index in [1.807, 2.05) is 248 Å². The molecule has 0 saturated heterocycles. The van der Waals surface area contributed by atoms with Crippen molar-refractivity contribution in [3.8, 4) is 100 Å². The van der Waals surface area contributed by atoms with E-state index in [0.29, 0.717) is 11.1 Å². The van der Waals surface area contributed by atoms with Crippen LogP contribution in [0, 0.1) is 0 Å². The Labute approximate surface area is 677 Å². The smallest absolute Gasteiger partial charge is 0.0645 e. The molecular weight excluding hydrogens is 1350 g/mol. The molecule has 18 aromatic carbocycles. The topological polar surface area (TPSA) is 16.3 Å². The SMILES string of the molecule is [2H]c1c([2H])c(N(c2ccc(-c3ccccc3)cc2)c2ccccc2-c2ccccc2)c([2H])c([2H])c1-c1ccc2c(c1)c1ccccc1n2-c1cccc(-c2ccccc2)c1.[2H]c1c([2H])c([2H])c(-c2c([2H])c([2H])c([2H])c([2H])c2N(c2ccc(-c3ccccc3)cc2)c2c([2H])c([2H])c(-c3ccc4c(c3)c3ccccc3n4-c3cccc(-c4ccccc4)c3)c([2H])c2[2H])c([2H])c1[2H].